The standard InChI is InChI=1S/C13H27N/c1-5-6-10(2)12-9-11(14)7-8-13(12,3)4/h10-12H,5-9,14H2,1-4H3. The van der Waals surface area contributed by atoms with Crippen LogP contribution in [-0.2, 0) is 0 Å². The van der Waals surface area contributed by atoms with Gasteiger partial charge in [-0.2, -0.15) is 0 Å². The van der Waals surface area contributed by atoms with Gasteiger partial charge in [-0.05, 0) is 36.5 Å². The van der Waals surface area contributed by atoms with Crippen LogP contribution in [0, 0.1) is 17.3 Å². The molecule has 1 heteroatoms. The minimum atomic E-state index is 0.465. The van der Waals surface area contributed by atoms with Crippen LogP contribution in [0.15, 0.2) is 0 Å². The van der Waals surface area contributed by atoms with Gasteiger partial charge in [-0.1, -0.05) is 40.5 Å². The van der Waals surface area contributed by atoms with Gasteiger partial charge in [-0.15, -0.1) is 0 Å². The van der Waals surface area contributed by atoms with Crippen molar-refractivity contribution in [3.05, 3.63) is 0 Å². The Balaban J connectivity index is 2.61. The fourth-order valence-corrected chi connectivity index (χ4v) is 3.16. The van der Waals surface area contributed by atoms with Gasteiger partial charge < -0.3 is 5.73 Å². The zero-order valence-electron chi connectivity index (χ0n) is 10.3. The maximum atomic E-state index is 6.08. The average Bonchev–Trinajstić information content (AvgIpc) is 2.10. The molecule has 0 aliphatic heterocycles. The normalized spacial score (nSPS) is 34.1. The molecule has 0 bridgehead atoms. The van der Waals surface area contributed by atoms with E-state index in [9.17, 15) is 0 Å². The third-order valence-corrected chi connectivity index (χ3v) is 4.15. The van der Waals surface area contributed by atoms with Gasteiger partial charge >= 0.3 is 0 Å². The molecule has 14 heavy (non-hydrogen) atoms. The van der Waals surface area contributed by atoms with Crippen LogP contribution in [-0.4, -0.2) is 6.04 Å². The van der Waals surface area contributed by atoms with E-state index in [2.05, 4.69) is 27.7 Å². The van der Waals surface area contributed by atoms with E-state index in [1.807, 2.05) is 0 Å². The summed E-state index contributed by atoms with van der Waals surface area (Å²) < 4.78 is 0. The fraction of sp³-hybridized carbons (Fsp3) is 1.00. The topological polar surface area (TPSA) is 26.0 Å². The molecular weight excluding hydrogens is 170 g/mol. The summed E-state index contributed by atoms with van der Waals surface area (Å²) in [6, 6.07) is 0.465. The summed E-state index contributed by atoms with van der Waals surface area (Å²) in [6.07, 6.45) is 6.45. The molecule has 1 aliphatic carbocycles. The van der Waals surface area contributed by atoms with Crippen LogP contribution in [0.5, 0.6) is 0 Å². The van der Waals surface area contributed by atoms with Crippen LogP contribution in [0.2, 0.25) is 0 Å². The summed E-state index contributed by atoms with van der Waals surface area (Å²) in [7, 11) is 0. The Bertz CT molecular complexity index is 174. The highest BCUT2D eigenvalue weighted by Crippen LogP contribution is 2.45. The molecule has 1 fully saturated rings. The molecule has 84 valence electrons. The van der Waals surface area contributed by atoms with Crippen molar-refractivity contribution in [2.24, 2.45) is 23.0 Å². The highest BCUT2D eigenvalue weighted by atomic mass is 14.7. The first-order chi connectivity index (χ1) is 6.47. The zero-order chi connectivity index (χ0) is 10.8. The Kier molecular flexibility index (Phi) is 4.00. The fourth-order valence-electron chi connectivity index (χ4n) is 3.16. The smallest absolute Gasteiger partial charge is 0.00419 e. The average molecular weight is 197 g/mol. The molecule has 3 atom stereocenters. The van der Waals surface area contributed by atoms with Crippen LogP contribution >= 0.6 is 0 Å². The van der Waals surface area contributed by atoms with Crippen LogP contribution in [0.25, 0.3) is 0 Å². The lowest BCUT2D eigenvalue weighted by Crippen LogP contribution is -2.41. The Morgan fingerprint density at radius 2 is 2.07 bits per heavy atom. The van der Waals surface area contributed by atoms with E-state index in [0.717, 1.165) is 11.8 Å². The monoisotopic (exact) mass is 197 g/mol. The van der Waals surface area contributed by atoms with E-state index in [1.165, 1.54) is 32.1 Å². The van der Waals surface area contributed by atoms with Crippen LogP contribution in [0.1, 0.15) is 59.8 Å². The van der Waals surface area contributed by atoms with E-state index in [0.29, 0.717) is 11.5 Å². The summed E-state index contributed by atoms with van der Waals surface area (Å²) in [5.74, 6) is 1.69. The van der Waals surface area contributed by atoms with E-state index in [4.69, 9.17) is 5.73 Å². The van der Waals surface area contributed by atoms with Crippen molar-refractivity contribution in [2.45, 2.75) is 65.8 Å². The van der Waals surface area contributed by atoms with Crippen molar-refractivity contribution in [1.82, 2.24) is 0 Å². The molecule has 0 spiro atoms. The molecule has 0 radical (unpaired) electrons. The molecule has 1 rings (SSSR count). The molecular formula is C13H27N. The molecule has 0 aromatic carbocycles. The van der Waals surface area contributed by atoms with Gasteiger partial charge in [0.05, 0.1) is 0 Å². The summed E-state index contributed by atoms with van der Waals surface area (Å²) in [6.45, 7) is 9.55. The highest BCUT2D eigenvalue weighted by Gasteiger charge is 2.37. The van der Waals surface area contributed by atoms with Crippen LogP contribution < -0.4 is 5.73 Å². The number of hydrogen-bond acceptors (Lipinski definition) is 1. The molecule has 0 amide bonds. The van der Waals surface area contributed by atoms with Crippen molar-refractivity contribution in [1.29, 1.82) is 0 Å². The number of hydrogen-bond donors (Lipinski definition) is 1. The van der Waals surface area contributed by atoms with Crippen LogP contribution in [0.4, 0.5) is 0 Å². The third kappa shape index (κ3) is 2.73. The van der Waals surface area contributed by atoms with Crippen molar-refractivity contribution in [3.63, 3.8) is 0 Å². The second kappa shape index (κ2) is 4.65. The van der Waals surface area contributed by atoms with E-state index < -0.39 is 0 Å². The maximum Gasteiger partial charge on any atom is 0.00419 e. The second-order valence-electron chi connectivity index (χ2n) is 5.90. The Morgan fingerprint density at radius 3 is 2.64 bits per heavy atom. The Morgan fingerprint density at radius 1 is 1.43 bits per heavy atom. The molecule has 0 aromatic heterocycles. The van der Waals surface area contributed by atoms with Crippen molar-refractivity contribution < 1.29 is 0 Å². The predicted octanol–water partition coefficient (Wildman–Crippen LogP) is 3.58. The summed E-state index contributed by atoms with van der Waals surface area (Å²) >= 11 is 0. The third-order valence-electron chi connectivity index (χ3n) is 4.15. The Hall–Kier alpha value is -0.0400. The first-order valence-corrected chi connectivity index (χ1v) is 6.23. The lowest BCUT2D eigenvalue weighted by molar-refractivity contribution is 0.0735. The summed E-state index contributed by atoms with van der Waals surface area (Å²) in [5.41, 5.74) is 6.60. The minimum absolute atomic E-state index is 0.465. The van der Waals surface area contributed by atoms with Gasteiger partial charge in [0.15, 0.2) is 0 Å². The van der Waals surface area contributed by atoms with Gasteiger partial charge in [-0.3, -0.25) is 0 Å². The highest BCUT2D eigenvalue weighted by molar-refractivity contribution is 4.89. The van der Waals surface area contributed by atoms with Gasteiger partial charge in [0, 0.05) is 6.04 Å². The van der Waals surface area contributed by atoms with E-state index in [1.54, 1.807) is 0 Å². The quantitative estimate of drug-likeness (QED) is 0.735. The van der Waals surface area contributed by atoms with E-state index in [-0.39, 0.29) is 0 Å². The minimum Gasteiger partial charge on any atom is -0.328 e. The largest absolute Gasteiger partial charge is 0.328 e. The number of nitrogens with two attached hydrogens (primary N) is 1. The molecule has 1 nitrogen and oxygen atoms in total. The summed E-state index contributed by atoms with van der Waals surface area (Å²) in [5, 5.41) is 0. The lowest BCUT2D eigenvalue weighted by atomic mass is 9.62. The summed E-state index contributed by atoms with van der Waals surface area (Å²) in [4.78, 5) is 0. The second-order valence-corrected chi connectivity index (χ2v) is 5.90. The first-order valence-electron chi connectivity index (χ1n) is 6.23. The zero-order valence-corrected chi connectivity index (χ0v) is 10.3. The van der Waals surface area contributed by atoms with Crippen molar-refractivity contribution in [2.75, 3.05) is 0 Å². The molecule has 2 N–H and O–H groups in total. The van der Waals surface area contributed by atoms with Crippen LogP contribution in [0.3, 0.4) is 0 Å². The lowest BCUT2D eigenvalue weighted by Gasteiger charge is -2.44. The number of rotatable bonds is 3. The SMILES string of the molecule is CCCC(C)C1CC(N)CCC1(C)C. The molecule has 0 aromatic rings. The van der Waals surface area contributed by atoms with Crippen molar-refractivity contribution >= 4 is 0 Å². The van der Waals surface area contributed by atoms with Gasteiger partial charge in [-0.25, -0.2) is 0 Å². The first kappa shape index (κ1) is 12.0. The molecule has 1 saturated carbocycles. The molecule has 0 saturated heterocycles. The van der Waals surface area contributed by atoms with Gasteiger partial charge in [0.25, 0.3) is 0 Å². The molecule has 3 unspecified atom stereocenters. The molecule has 1 aliphatic rings. The van der Waals surface area contributed by atoms with Crippen molar-refractivity contribution in [3.8, 4) is 0 Å². The maximum absolute atomic E-state index is 6.08. The van der Waals surface area contributed by atoms with E-state index >= 15 is 0 Å². The van der Waals surface area contributed by atoms with Gasteiger partial charge in [0.1, 0.15) is 0 Å². The predicted molar refractivity (Wildman–Crippen MR) is 63.2 cm³/mol. The Labute approximate surface area is 89.5 Å². The molecule has 0 heterocycles. The van der Waals surface area contributed by atoms with Gasteiger partial charge in [0.2, 0.25) is 0 Å².